The van der Waals surface area contributed by atoms with E-state index in [1.165, 1.54) is 6.07 Å². The van der Waals surface area contributed by atoms with Crippen molar-refractivity contribution in [3.05, 3.63) is 64.9 Å². The summed E-state index contributed by atoms with van der Waals surface area (Å²) in [5.74, 6) is -1.01. The largest absolute Gasteiger partial charge is 0.480 e. The maximum atomic E-state index is 14.1. The first-order valence-electron chi connectivity index (χ1n) is 7.63. The van der Waals surface area contributed by atoms with Crippen molar-refractivity contribution in [1.29, 1.82) is 0 Å². The van der Waals surface area contributed by atoms with Crippen LogP contribution < -0.4 is 10.6 Å². The molecule has 132 valence electrons. The number of hydrogen-bond donors (Lipinski definition) is 3. The van der Waals surface area contributed by atoms with Gasteiger partial charge >= 0.3 is 5.97 Å². The number of carbonyl (C=O) groups is 1. The first kappa shape index (κ1) is 17.8. The second-order valence-electron chi connectivity index (χ2n) is 5.32. The van der Waals surface area contributed by atoms with Crippen LogP contribution in [0.4, 0.5) is 21.8 Å². The molecule has 0 spiro atoms. The molecular weight excluding hydrogens is 403 g/mol. The van der Waals surface area contributed by atoms with E-state index in [0.717, 1.165) is 5.56 Å². The lowest BCUT2D eigenvalue weighted by Crippen LogP contribution is -2.15. The Morgan fingerprint density at radius 2 is 1.88 bits per heavy atom. The van der Waals surface area contributed by atoms with Gasteiger partial charge in [-0.3, -0.25) is 4.79 Å². The SMILES string of the molecule is O=C(O)CNc1nc(Nc2ccc(Br)cc2F)cc(-c2ccccc2)n1. The predicted octanol–water partition coefficient (Wildman–Crippen LogP) is 4.29. The van der Waals surface area contributed by atoms with E-state index < -0.39 is 11.8 Å². The number of nitrogens with one attached hydrogen (secondary N) is 2. The zero-order valence-corrected chi connectivity index (χ0v) is 15.0. The Morgan fingerprint density at radius 1 is 1.12 bits per heavy atom. The number of benzene rings is 2. The van der Waals surface area contributed by atoms with Crippen LogP contribution in [0.15, 0.2) is 59.1 Å². The van der Waals surface area contributed by atoms with E-state index in [-0.39, 0.29) is 18.2 Å². The first-order valence-corrected chi connectivity index (χ1v) is 8.43. The van der Waals surface area contributed by atoms with Gasteiger partial charge in [-0.25, -0.2) is 9.37 Å². The van der Waals surface area contributed by atoms with E-state index in [9.17, 15) is 9.18 Å². The highest BCUT2D eigenvalue weighted by atomic mass is 79.9. The maximum absolute atomic E-state index is 14.1. The summed E-state index contributed by atoms with van der Waals surface area (Å²) in [5.41, 5.74) is 1.65. The molecule has 0 aliphatic heterocycles. The van der Waals surface area contributed by atoms with Crippen molar-refractivity contribution in [1.82, 2.24) is 9.97 Å². The summed E-state index contributed by atoms with van der Waals surface area (Å²) in [6.07, 6.45) is 0. The van der Waals surface area contributed by atoms with Crippen molar-refractivity contribution in [3.63, 3.8) is 0 Å². The molecular formula is C18H14BrFN4O2. The van der Waals surface area contributed by atoms with Crippen LogP contribution in [0.5, 0.6) is 0 Å². The fourth-order valence-corrected chi connectivity index (χ4v) is 2.56. The molecule has 0 bridgehead atoms. The molecule has 0 amide bonds. The van der Waals surface area contributed by atoms with Crippen molar-refractivity contribution in [2.24, 2.45) is 0 Å². The number of anilines is 3. The Kier molecular flexibility index (Phi) is 5.43. The lowest BCUT2D eigenvalue weighted by molar-refractivity contribution is -0.134. The summed E-state index contributed by atoms with van der Waals surface area (Å²) in [5, 5.41) is 14.4. The number of halogens is 2. The average Bonchev–Trinajstić information content (AvgIpc) is 2.63. The van der Waals surface area contributed by atoms with Crippen molar-refractivity contribution in [3.8, 4) is 11.3 Å². The summed E-state index contributed by atoms with van der Waals surface area (Å²) >= 11 is 3.21. The third kappa shape index (κ3) is 4.54. The van der Waals surface area contributed by atoms with E-state index in [4.69, 9.17) is 5.11 Å². The molecule has 3 aromatic rings. The molecule has 0 aliphatic rings. The number of rotatable bonds is 6. The number of aromatic nitrogens is 2. The van der Waals surface area contributed by atoms with Crippen molar-refractivity contribution in [2.45, 2.75) is 0 Å². The van der Waals surface area contributed by atoms with E-state index in [1.807, 2.05) is 30.3 Å². The fourth-order valence-electron chi connectivity index (χ4n) is 2.23. The van der Waals surface area contributed by atoms with Crippen LogP contribution >= 0.6 is 15.9 Å². The number of nitrogens with zero attached hydrogens (tertiary/aromatic N) is 2. The van der Waals surface area contributed by atoms with Crippen LogP contribution in [0.2, 0.25) is 0 Å². The highest BCUT2D eigenvalue weighted by molar-refractivity contribution is 9.10. The molecule has 1 heterocycles. The number of carboxylic acids is 1. The summed E-state index contributed by atoms with van der Waals surface area (Å²) in [6, 6.07) is 15.6. The number of aliphatic carboxylic acids is 1. The molecule has 3 rings (SSSR count). The van der Waals surface area contributed by atoms with Gasteiger partial charge in [0, 0.05) is 16.1 Å². The summed E-state index contributed by atoms with van der Waals surface area (Å²) < 4.78 is 14.7. The van der Waals surface area contributed by atoms with Crippen LogP contribution in [-0.2, 0) is 4.79 Å². The van der Waals surface area contributed by atoms with Gasteiger partial charge in [-0.2, -0.15) is 4.98 Å². The predicted molar refractivity (Wildman–Crippen MR) is 101 cm³/mol. The van der Waals surface area contributed by atoms with Gasteiger partial charge in [-0.15, -0.1) is 0 Å². The number of hydrogen-bond acceptors (Lipinski definition) is 5. The lowest BCUT2D eigenvalue weighted by atomic mass is 10.1. The first-order chi connectivity index (χ1) is 12.5. The Bertz CT molecular complexity index is 938. The lowest BCUT2D eigenvalue weighted by Gasteiger charge is -2.11. The average molecular weight is 417 g/mol. The van der Waals surface area contributed by atoms with Crippen molar-refractivity contribution < 1.29 is 14.3 Å². The Balaban J connectivity index is 1.97. The standard InChI is InChI=1S/C18H14BrFN4O2/c19-12-6-7-14(13(20)8-12)22-16-9-15(11-4-2-1-3-5-11)23-18(24-16)21-10-17(25)26/h1-9H,10H2,(H,25,26)(H2,21,22,23,24). The quantitative estimate of drug-likeness (QED) is 0.555. The summed E-state index contributed by atoms with van der Waals surface area (Å²) in [7, 11) is 0. The second-order valence-corrected chi connectivity index (χ2v) is 6.24. The van der Waals surface area contributed by atoms with E-state index in [0.29, 0.717) is 16.0 Å². The van der Waals surface area contributed by atoms with Crippen LogP contribution in [0.25, 0.3) is 11.3 Å². The molecule has 3 N–H and O–H groups in total. The van der Waals surface area contributed by atoms with E-state index >= 15 is 0 Å². The van der Waals surface area contributed by atoms with Crippen LogP contribution in [0, 0.1) is 5.82 Å². The summed E-state index contributed by atoms with van der Waals surface area (Å²) in [6.45, 7) is -0.329. The van der Waals surface area contributed by atoms with Gasteiger partial charge in [0.25, 0.3) is 0 Å². The van der Waals surface area contributed by atoms with Crippen LogP contribution in [0.1, 0.15) is 0 Å². The molecule has 0 aliphatic carbocycles. The highest BCUT2D eigenvalue weighted by Crippen LogP contribution is 2.26. The van der Waals surface area contributed by atoms with Crippen LogP contribution in [0.3, 0.4) is 0 Å². The topological polar surface area (TPSA) is 87.1 Å². The molecule has 0 radical (unpaired) electrons. The molecule has 1 aromatic heterocycles. The van der Waals surface area contributed by atoms with Gasteiger partial charge < -0.3 is 15.7 Å². The van der Waals surface area contributed by atoms with Gasteiger partial charge in [0.15, 0.2) is 0 Å². The zero-order valence-electron chi connectivity index (χ0n) is 13.4. The molecule has 0 fully saturated rings. The Hall–Kier alpha value is -3.00. The second kappa shape index (κ2) is 7.92. The molecule has 0 atom stereocenters. The number of carboxylic acid groups (broad SMARTS) is 1. The Morgan fingerprint density at radius 3 is 2.58 bits per heavy atom. The van der Waals surface area contributed by atoms with Gasteiger partial charge in [0.2, 0.25) is 5.95 Å². The molecule has 0 saturated heterocycles. The molecule has 8 heteroatoms. The third-order valence-corrected chi connectivity index (χ3v) is 3.88. The minimum Gasteiger partial charge on any atom is -0.480 e. The molecule has 0 saturated carbocycles. The van der Waals surface area contributed by atoms with E-state index in [2.05, 4.69) is 36.5 Å². The molecule has 0 unspecified atom stereocenters. The zero-order chi connectivity index (χ0) is 18.5. The molecule has 6 nitrogen and oxygen atoms in total. The smallest absolute Gasteiger partial charge is 0.322 e. The minimum atomic E-state index is -1.04. The van der Waals surface area contributed by atoms with Crippen LogP contribution in [-0.4, -0.2) is 27.6 Å². The highest BCUT2D eigenvalue weighted by Gasteiger charge is 2.10. The minimum absolute atomic E-state index is 0.133. The summed E-state index contributed by atoms with van der Waals surface area (Å²) in [4.78, 5) is 19.3. The van der Waals surface area contributed by atoms with Gasteiger partial charge in [-0.05, 0) is 18.2 Å². The third-order valence-electron chi connectivity index (χ3n) is 3.39. The maximum Gasteiger partial charge on any atom is 0.322 e. The van der Waals surface area contributed by atoms with Gasteiger partial charge in [-0.1, -0.05) is 46.3 Å². The van der Waals surface area contributed by atoms with E-state index in [1.54, 1.807) is 18.2 Å². The van der Waals surface area contributed by atoms with Gasteiger partial charge in [0.05, 0.1) is 11.4 Å². The monoisotopic (exact) mass is 416 g/mol. The van der Waals surface area contributed by atoms with Gasteiger partial charge in [0.1, 0.15) is 18.2 Å². The fraction of sp³-hybridized carbons (Fsp3) is 0.0556. The molecule has 2 aromatic carbocycles. The van der Waals surface area contributed by atoms with Crippen molar-refractivity contribution >= 4 is 39.4 Å². The Labute approximate surface area is 157 Å². The normalized spacial score (nSPS) is 10.4. The van der Waals surface area contributed by atoms with Crippen molar-refractivity contribution in [2.75, 3.05) is 17.2 Å². The molecule has 26 heavy (non-hydrogen) atoms.